The van der Waals surface area contributed by atoms with E-state index in [1.54, 1.807) is 36.4 Å². The standard InChI is InChI=1S/C31H40N6O8S/c32-31(46)34-23-9-7-22(8-10-23)28(25-4-2-6-27(35-25)30(42)43)37(12-16-39)14-18-45-20-19-44-17-13-36(11-15-38)21-24-3-1-5-26(33-24)29(40)41/h1-10,28,38-39H,11-21H2,(H,40,41)(H,42,43)(H3,32,34,46). The number of aromatic carboxylic acids is 2. The highest BCUT2D eigenvalue weighted by molar-refractivity contribution is 7.80. The minimum Gasteiger partial charge on any atom is -0.477 e. The van der Waals surface area contributed by atoms with Crippen LogP contribution in [0.4, 0.5) is 5.69 Å². The Morgan fingerprint density at radius 1 is 0.804 bits per heavy atom. The van der Waals surface area contributed by atoms with Gasteiger partial charge in [-0.25, -0.2) is 19.6 Å². The van der Waals surface area contributed by atoms with Crippen LogP contribution in [0.5, 0.6) is 0 Å². The normalized spacial score (nSPS) is 11.9. The third-order valence-electron chi connectivity index (χ3n) is 6.79. The van der Waals surface area contributed by atoms with Gasteiger partial charge in [0.05, 0.1) is 57.1 Å². The van der Waals surface area contributed by atoms with Crippen molar-refractivity contribution in [3.8, 4) is 0 Å². The number of benzene rings is 1. The minimum absolute atomic E-state index is 0.0355. The number of hydrogen-bond donors (Lipinski definition) is 6. The Hall–Kier alpha value is -4.09. The van der Waals surface area contributed by atoms with Gasteiger partial charge >= 0.3 is 11.9 Å². The van der Waals surface area contributed by atoms with Crippen molar-refractivity contribution in [2.75, 3.05) is 71.1 Å². The molecule has 0 bridgehead atoms. The molecule has 248 valence electrons. The van der Waals surface area contributed by atoms with Crippen LogP contribution < -0.4 is 11.1 Å². The Kier molecular flexibility index (Phi) is 15.4. The summed E-state index contributed by atoms with van der Waals surface area (Å²) in [4.78, 5) is 35.2. The van der Waals surface area contributed by atoms with E-state index in [1.807, 2.05) is 21.9 Å². The van der Waals surface area contributed by atoms with Crippen molar-refractivity contribution in [2.45, 2.75) is 12.6 Å². The summed E-state index contributed by atoms with van der Waals surface area (Å²) in [5.41, 5.74) is 8.06. The number of pyridine rings is 2. The van der Waals surface area contributed by atoms with Crippen LogP contribution in [-0.2, 0) is 16.0 Å². The van der Waals surface area contributed by atoms with Gasteiger partial charge in [-0.15, -0.1) is 0 Å². The summed E-state index contributed by atoms with van der Waals surface area (Å²) in [6.45, 7) is 3.04. The monoisotopic (exact) mass is 656 g/mol. The number of carboxylic acids is 2. The molecule has 3 rings (SSSR count). The fraction of sp³-hybridized carbons (Fsp3) is 0.387. The van der Waals surface area contributed by atoms with E-state index in [1.165, 1.54) is 12.1 Å². The van der Waals surface area contributed by atoms with Crippen LogP contribution >= 0.6 is 12.2 Å². The zero-order valence-corrected chi connectivity index (χ0v) is 26.1. The quantitative estimate of drug-likeness (QED) is 0.0709. The lowest BCUT2D eigenvalue weighted by Gasteiger charge is -2.31. The van der Waals surface area contributed by atoms with Gasteiger partial charge in [0.15, 0.2) is 5.11 Å². The molecule has 2 aromatic heterocycles. The molecule has 0 aliphatic carbocycles. The summed E-state index contributed by atoms with van der Waals surface area (Å²) < 4.78 is 11.5. The van der Waals surface area contributed by atoms with Gasteiger partial charge in [0.25, 0.3) is 0 Å². The Bertz CT molecular complexity index is 1410. The van der Waals surface area contributed by atoms with Gasteiger partial charge in [0, 0.05) is 38.4 Å². The van der Waals surface area contributed by atoms with Crippen molar-refractivity contribution in [3.63, 3.8) is 0 Å². The fourth-order valence-electron chi connectivity index (χ4n) is 4.71. The Morgan fingerprint density at radius 2 is 1.41 bits per heavy atom. The number of carboxylic acid groups (broad SMARTS) is 2. The molecule has 2 heterocycles. The van der Waals surface area contributed by atoms with Crippen molar-refractivity contribution >= 4 is 35.0 Å². The number of anilines is 1. The molecular weight excluding hydrogens is 616 g/mol. The third kappa shape index (κ3) is 12.0. The van der Waals surface area contributed by atoms with Gasteiger partial charge in [-0.2, -0.15) is 0 Å². The molecule has 0 radical (unpaired) electrons. The predicted octanol–water partition coefficient (Wildman–Crippen LogP) is 1.44. The lowest BCUT2D eigenvalue weighted by molar-refractivity contribution is 0.0245. The van der Waals surface area contributed by atoms with Crippen LogP contribution in [-0.4, -0.2) is 123 Å². The molecule has 1 unspecified atom stereocenters. The van der Waals surface area contributed by atoms with E-state index in [0.717, 1.165) is 5.56 Å². The highest BCUT2D eigenvalue weighted by atomic mass is 32.1. The Labute approximate surface area is 272 Å². The fourth-order valence-corrected chi connectivity index (χ4v) is 4.82. The number of nitrogens with one attached hydrogen (secondary N) is 1. The van der Waals surface area contributed by atoms with E-state index in [4.69, 9.17) is 32.5 Å². The first kappa shape index (κ1) is 36.4. The van der Waals surface area contributed by atoms with Crippen molar-refractivity contribution in [3.05, 3.63) is 89.0 Å². The van der Waals surface area contributed by atoms with Gasteiger partial charge in [-0.3, -0.25) is 9.80 Å². The number of aliphatic hydroxyl groups is 2. The Morgan fingerprint density at radius 3 is 2.02 bits per heavy atom. The second kappa shape index (κ2) is 19.4. The third-order valence-corrected chi connectivity index (χ3v) is 6.89. The van der Waals surface area contributed by atoms with Crippen molar-refractivity contribution in [1.82, 2.24) is 19.8 Å². The molecular formula is C31H40N6O8S. The van der Waals surface area contributed by atoms with Crippen LogP contribution in [0.3, 0.4) is 0 Å². The number of rotatable bonds is 21. The summed E-state index contributed by atoms with van der Waals surface area (Å²) in [5, 5.41) is 41.0. The summed E-state index contributed by atoms with van der Waals surface area (Å²) in [6, 6.07) is 16.5. The number of hydrogen-bond acceptors (Lipinski definition) is 11. The second-order valence-corrected chi connectivity index (χ2v) is 10.5. The first-order valence-corrected chi connectivity index (χ1v) is 15.0. The predicted molar refractivity (Wildman–Crippen MR) is 174 cm³/mol. The molecule has 46 heavy (non-hydrogen) atoms. The largest absolute Gasteiger partial charge is 0.477 e. The zero-order chi connectivity index (χ0) is 33.3. The first-order chi connectivity index (χ1) is 22.2. The van der Waals surface area contributed by atoms with Crippen molar-refractivity contribution in [1.29, 1.82) is 0 Å². The SMILES string of the molecule is NC(=S)Nc1ccc(C(c2cccc(C(=O)O)n2)N(CCO)CCOCCOCCN(CCO)Cc2cccc(C(=O)O)n2)cc1. The van der Waals surface area contributed by atoms with E-state index in [0.29, 0.717) is 69.7 Å². The van der Waals surface area contributed by atoms with E-state index >= 15 is 0 Å². The number of carbonyl (C=O) groups is 2. The van der Waals surface area contributed by atoms with Crippen LogP contribution in [0.1, 0.15) is 44.0 Å². The lowest BCUT2D eigenvalue weighted by atomic mass is 10.00. The number of aliphatic hydroxyl groups excluding tert-OH is 2. The molecule has 14 nitrogen and oxygen atoms in total. The number of thiocarbonyl (C=S) groups is 1. The molecule has 1 atom stereocenters. The second-order valence-electron chi connectivity index (χ2n) is 10.1. The highest BCUT2D eigenvalue weighted by Crippen LogP contribution is 2.28. The van der Waals surface area contributed by atoms with Crippen molar-refractivity contribution in [2.24, 2.45) is 5.73 Å². The smallest absolute Gasteiger partial charge is 0.354 e. The van der Waals surface area contributed by atoms with E-state index in [-0.39, 0.29) is 36.3 Å². The number of ether oxygens (including phenoxy) is 2. The summed E-state index contributed by atoms with van der Waals surface area (Å²) in [6.07, 6.45) is 0. The molecule has 0 saturated heterocycles. The molecule has 0 aliphatic rings. The topological polar surface area (TPSA) is 204 Å². The number of nitrogens with zero attached hydrogens (tertiary/aromatic N) is 4. The zero-order valence-electron chi connectivity index (χ0n) is 25.3. The van der Waals surface area contributed by atoms with Gasteiger partial charge in [-0.1, -0.05) is 24.3 Å². The summed E-state index contributed by atoms with van der Waals surface area (Å²) >= 11 is 4.92. The van der Waals surface area contributed by atoms with Crippen LogP contribution in [0.15, 0.2) is 60.7 Å². The average molecular weight is 657 g/mol. The maximum atomic E-state index is 11.6. The average Bonchev–Trinajstić information content (AvgIpc) is 3.03. The van der Waals surface area contributed by atoms with Gasteiger partial charge < -0.3 is 41.0 Å². The molecule has 15 heteroatoms. The molecule has 0 aliphatic heterocycles. The van der Waals surface area contributed by atoms with E-state index in [2.05, 4.69) is 15.3 Å². The molecule has 0 spiro atoms. The minimum atomic E-state index is -1.14. The van der Waals surface area contributed by atoms with E-state index in [9.17, 15) is 24.9 Å². The summed E-state index contributed by atoms with van der Waals surface area (Å²) in [7, 11) is 0. The van der Waals surface area contributed by atoms with Crippen LogP contribution in [0.2, 0.25) is 0 Å². The maximum absolute atomic E-state index is 11.6. The van der Waals surface area contributed by atoms with Gasteiger partial charge in [-0.05, 0) is 54.2 Å². The number of nitrogens with two attached hydrogens (primary N) is 1. The van der Waals surface area contributed by atoms with Crippen LogP contribution in [0, 0.1) is 0 Å². The molecule has 0 fully saturated rings. The maximum Gasteiger partial charge on any atom is 0.354 e. The van der Waals surface area contributed by atoms with Crippen LogP contribution in [0.25, 0.3) is 0 Å². The Balaban J connectivity index is 1.55. The molecule has 1 aromatic carbocycles. The lowest BCUT2D eigenvalue weighted by Crippen LogP contribution is -2.36. The number of aromatic nitrogens is 2. The summed E-state index contributed by atoms with van der Waals surface area (Å²) in [5.74, 6) is -2.24. The molecule has 0 saturated carbocycles. The molecule has 3 aromatic rings. The molecule has 0 amide bonds. The van der Waals surface area contributed by atoms with Gasteiger partial charge in [0.1, 0.15) is 11.4 Å². The van der Waals surface area contributed by atoms with E-state index < -0.39 is 18.0 Å². The van der Waals surface area contributed by atoms with Crippen molar-refractivity contribution < 1.29 is 39.5 Å². The first-order valence-electron chi connectivity index (χ1n) is 14.6. The molecule has 7 N–H and O–H groups in total. The highest BCUT2D eigenvalue weighted by Gasteiger charge is 2.24. The van der Waals surface area contributed by atoms with Gasteiger partial charge in [0.2, 0.25) is 0 Å².